The maximum absolute atomic E-state index is 12.3. The van der Waals surface area contributed by atoms with E-state index in [1.54, 1.807) is 0 Å². The van der Waals surface area contributed by atoms with E-state index in [0.717, 1.165) is 0 Å². The fourth-order valence-corrected chi connectivity index (χ4v) is 1.31. The molecular weight excluding hydrogens is 187 g/mol. The Hall–Kier alpha value is -0.330. The minimum Gasteiger partial charge on any atom is -0.457 e. The van der Waals surface area contributed by atoms with Crippen molar-refractivity contribution in [1.29, 1.82) is 0 Å². The van der Waals surface area contributed by atoms with Gasteiger partial charge in [0.1, 0.15) is 6.10 Å². The zero-order valence-corrected chi connectivity index (χ0v) is 6.88. The van der Waals surface area contributed by atoms with Crippen LogP contribution in [0.15, 0.2) is 0 Å². The van der Waals surface area contributed by atoms with Crippen molar-refractivity contribution in [1.82, 2.24) is 4.90 Å². The first kappa shape index (κ1) is 10.7. The normalized spacial score (nSPS) is 37.8. The average molecular weight is 198 g/mol. The topological polar surface area (TPSA) is 43.7 Å². The lowest BCUT2D eigenvalue weighted by atomic mass is 9.88. The van der Waals surface area contributed by atoms with E-state index >= 15 is 0 Å². The first-order valence-electron chi connectivity index (χ1n) is 3.80. The van der Waals surface area contributed by atoms with Crippen LogP contribution >= 0.6 is 0 Å². The first-order chi connectivity index (χ1) is 5.77. The van der Waals surface area contributed by atoms with Gasteiger partial charge in [-0.2, -0.15) is 13.2 Å². The second-order valence-corrected chi connectivity index (χ2v) is 3.26. The molecule has 1 heterocycles. The molecule has 78 valence electrons. The van der Waals surface area contributed by atoms with E-state index in [9.17, 15) is 13.2 Å². The Morgan fingerprint density at radius 2 is 2.00 bits per heavy atom. The van der Waals surface area contributed by atoms with E-state index in [-0.39, 0.29) is 13.1 Å². The molecule has 0 amide bonds. The van der Waals surface area contributed by atoms with E-state index in [0.29, 0.717) is 0 Å². The number of piperidine rings is 1. The van der Waals surface area contributed by atoms with Crippen LogP contribution in [0.2, 0.25) is 0 Å². The number of rotatable bonds is 0. The van der Waals surface area contributed by atoms with Crippen molar-refractivity contribution in [3.8, 4) is 0 Å². The molecule has 0 aromatic carbocycles. The number of β-amino-alcohol motifs (C(OH)–C–C–N with tert-alkyl or cyclic N) is 1. The number of likely N-dealkylation sites (tertiary alicyclic amines) is 1. The SMILES string of the molecule is [CH2-]N1CC[C@@](O)(C(F)(F)F)[C@H](O)C1. The summed E-state index contributed by atoms with van der Waals surface area (Å²) in [6.45, 7) is -0.247. The molecule has 0 aromatic heterocycles. The molecule has 0 radical (unpaired) electrons. The lowest BCUT2D eigenvalue weighted by Crippen LogP contribution is -2.61. The Labute approximate surface area is 73.8 Å². The molecule has 2 atom stereocenters. The van der Waals surface area contributed by atoms with Crippen LogP contribution in [-0.4, -0.2) is 46.1 Å². The summed E-state index contributed by atoms with van der Waals surface area (Å²) in [5.74, 6) is 0. The van der Waals surface area contributed by atoms with Crippen LogP contribution in [0.25, 0.3) is 0 Å². The van der Waals surface area contributed by atoms with Crippen LogP contribution in [0.5, 0.6) is 0 Å². The third-order valence-electron chi connectivity index (χ3n) is 2.28. The number of alkyl halides is 3. The van der Waals surface area contributed by atoms with E-state index in [1.807, 2.05) is 0 Å². The fraction of sp³-hybridized carbons (Fsp3) is 0.857. The maximum atomic E-state index is 12.3. The molecule has 1 aliphatic rings. The zero-order chi connectivity index (χ0) is 10.3. The van der Waals surface area contributed by atoms with Crippen molar-refractivity contribution in [3.05, 3.63) is 7.05 Å². The zero-order valence-electron chi connectivity index (χ0n) is 6.88. The minimum atomic E-state index is -4.78. The second kappa shape index (κ2) is 3.11. The van der Waals surface area contributed by atoms with Crippen LogP contribution in [0.4, 0.5) is 13.2 Å². The maximum Gasteiger partial charge on any atom is 0.419 e. The van der Waals surface area contributed by atoms with E-state index in [1.165, 1.54) is 4.90 Å². The summed E-state index contributed by atoms with van der Waals surface area (Å²) in [5, 5.41) is 18.2. The van der Waals surface area contributed by atoms with Gasteiger partial charge in [0.15, 0.2) is 5.60 Å². The first-order valence-corrected chi connectivity index (χ1v) is 3.80. The van der Waals surface area contributed by atoms with Gasteiger partial charge in [-0.3, -0.25) is 7.05 Å². The van der Waals surface area contributed by atoms with Crippen LogP contribution in [0.1, 0.15) is 6.42 Å². The van der Waals surface area contributed by atoms with Gasteiger partial charge in [-0.25, -0.2) is 0 Å². The highest BCUT2D eigenvalue weighted by atomic mass is 19.4. The molecule has 3 nitrogen and oxygen atoms in total. The smallest absolute Gasteiger partial charge is 0.419 e. The Morgan fingerprint density at radius 1 is 1.46 bits per heavy atom. The third kappa shape index (κ3) is 1.79. The second-order valence-electron chi connectivity index (χ2n) is 3.26. The molecule has 0 saturated carbocycles. The summed E-state index contributed by atoms with van der Waals surface area (Å²) in [7, 11) is 3.39. The molecule has 6 heteroatoms. The Morgan fingerprint density at radius 3 is 2.38 bits per heavy atom. The predicted molar refractivity (Wildman–Crippen MR) is 38.6 cm³/mol. The van der Waals surface area contributed by atoms with Crippen LogP contribution < -0.4 is 0 Å². The van der Waals surface area contributed by atoms with Crippen molar-refractivity contribution >= 4 is 0 Å². The van der Waals surface area contributed by atoms with Crippen molar-refractivity contribution in [2.45, 2.75) is 24.3 Å². The summed E-state index contributed by atoms with van der Waals surface area (Å²) in [6.07, 6.45) is -7.15. The van der Waals surface area contributed by atoms with E-state index < -0.39 is 24.3 Å². The van der Waals surface area contributed by atoms with Gasteiger partial charge < -0.3 is 15.1 Å². The lowest BCUT2D eigenvalue weighted by Gasteiger charge is -2.44. The molecule has 0 aromatic rings. The number of aliphatic hydroxyl groups excluding tert-OH is 1. The van der Waals surface area contributed by atoms with Gasteiger partial charge in [-0.15, -0.1) is 0 Å². The molecule has 13 heavy (non-hydrogen) atoms. The standard InChI is InChI=1S/C7H11F3NO2/c1-11-3-2-6(13,5(12)4-11)7(8,9)10/h5,12-13H,1-4H2/q-1/t5-,6+/m1/s1. The number of hydrogen-bond acceptors (Lipinski definition) is 3. The largest absolute Gasteiger partial charge is 0.457 e. The third-order valence-corrected chi connectivity index (χ3v) is 2.28. The Bertz CT molecular complexity index is 197. The van der Waals surface area contributed by atoms with Gasteiger partial charge in [0, 0.05) is 0 Å². The van der Waals surface area contributed by atoms with Gasteiger partial charge in [-0.1, -0.05) is 0 Å². The van der Waals surface area contributed by atoms with Gasteiger partial charge in [-0.05, 0) is 19.5 Å². The molecule has 0 spiro atoms. The number of nitrogens with zero attached hydrogens (tertiary/aromatic N) is 1. The predicted octanol–water partition coefficient (Wildman–Crippen LogP) is 0.138. The molecule has 1 rings (SSSR count). The number of halogens is 3. The summed E-state index contributed by atoms with van der Waals surface area (Å²) in [5.41, 5.74) is -2.97. The quantitative estimate of drug-likeness (QED) is 0.544. The molecular formula is C7H11F3NO2-. The Balaban J connectivity index is 2.79. The van der Waals surface area contributed by atoms with Crippen molar-refractivity contribution in [3.63, 3.8) is 0 Å². The van der Waals surface area contributed by atoms with Gasteiger partial charge in [0.25, 0.3) is 0 Å². The van der Waals surface area contributed by atoms with Crippen molar-refractivity contribution < 1.29 is 23.4 Å². The lowest BCUT2D eigenvalue weighted by molar-refractivity contribution is -0.301. The molecule has 1 saturated heterocycles. The van der Waals surface area contributed by atoms with Crippen LogP contribution in [0, 0.1) is 7.05 Å². The monoisotopic (exact) mass is 198 g/mol. The summed E-state index contributed by atoms with van der Waals surface area (Å²) in [6, 6.07) is 0. The summed E-state index contributed by atoms with van der Waals surface area (Å²) >= 11 is 0. The fourth-order valence-electron chi connectivity index (χ4n) is 1.31. The number of hydrogen-bond donors (Lipinski definition) is 2. The van der Waals surface area contributed by atoms with Crippen molar-refractivity contribution in [2.24, 2.45) is 0 Å². The van der Waals surface area contributed by atoms with Gasteiger partial charge in [0.05, 0.1) is 0 Å². The summed E-state index contributed by atoms with van der Waals surface area (Å²) < 4.78 is 36.8. The number of aliphatic hydroxyl groups is 2. The highest BCUT2D eigenvalue weighted by Gasteiger charge is 2.58. The minimum absolute atomic E-state index is 0.0209. The van der Waals surface area contributed by atoms with Crippen LogP contribution in [0.3, 0.4) is 0 Å². The van der Waals surface area contributed by atoms with Crippen LogP contribution in [-0.2, 0) is 0 Å². The Kier molecular flexibility index (Phi) is 2.57. The molecule has 0 aliphatic carbocycles. The highest BCUT2D eigenvalue weighted by Crippen LogP contribution is 2.38. The molecule has 0 bridgehead atoms. The molecule has 1 aliphatic heterocycles. The summed E-state index contributed by atoms with van der Waals surface area (Å²) in [4.78, 5) is 1.30. The molecule has 2 N–H and O–H groups in total. The molecule has 0 unspecified atom stereocenters. The van der Waals surface area contributed by atoms with Crippen molar-refractivity contribution in [2.75, 3.05) is 13.1 Å². The highest BCUT2D eigenvalue weighted by molar-refractivity contribution is 4.98. The average Bonchev–Trinajstić information content (AvgIpc) is 1.95. The van der Waals surface area contributed by atoms with Gasteiger partial charge in [0.2, 0.25) is 0 Å². The van der Waals surface area contributed by atoms with E-state index in [4.69, 9.17) is 10.2 Å². The van der Waals surface area contributed by atoms with Gasteiger partial charge >= 0.3 is 6.18 Å². The van der Waals surface area contributed by atoms with E-state index in [2.05, 4.69) is 7.05 Å². The molecule has 1 fully saturated rings.